The summed E-state index contributed by atoms with van der Waals surface area (Å²) >= 11 is 0. The SMILES string of the molecule is COCC1(CNS(=O)(=O)c2c(F)cc(F)cc2F)CCNCC1.Cl. The predicted molar refractivity (Wildman–Crippen MR) is 85.2 cm³/mol. The number of rotatable bonds is 6. The Morgan fingerprint density at radius 1 is 1.21 bits per heavy atom. The maximum atomic E-state index is 13.7. The molecular weight excluding hydrogens is 369 g/mol. The van der Waals surface area contributed by atoms with E-state index in [0.717, 1.165) is 0 Å². The molecule has 1 aliphatic rings. The number of piperidine rings is 1. The molecular formula is C14H20ClF3N2O3S. The van der Waals surface area contributed by atoms with Crippen LogP contribution in [0.15, 0.2) is 17.0 Å². The van der Waals surface area contributed by atoms with Gasteiger partial charge in [0.05, 0.1) is 6.61 Å². The summed E-state index contributed by atoms with van der Waals surface area (Å²) in [4.78, 5) is -1.17. The van der Waals surface area contributed by atoms with E-state index < -0.39 is 37.8 Å². The highest BCUT2D eigenvalue weighted by Crippen LogP contribution is 2.29. The van der Waals surface area contributed by atoms with Crippen molar-refractivity contribution in [3.63, 3.8) is 0 Å². The average molecular weight is 389 g/mol. The van der Waals surface area contributed by atoms with Crippen LogP contribution in [0.3, 0.4) is 0 Å². The topological polar surface area (TPSA) is 67.4 Å². The Kier molecular flexibility index (Phi) is 7.48. The van der Waals surface area contributed by atoms with Gasteiger partial charge >= 0.3 is 0 Å². The first-order valence-electron chi connectivity index (χ1n) is 7.14. The molecule has 0 atom stereocenters. The third-order valence-corrected chi connectivity index (χ3v) is 5.44. The first kappa shape index (κ1) is 21.2. The lowest BCUT2D eigenvalue weighted by atomic mass is 9.80. The predicted octanol–water partition coefficient (Wildman–Crippen LogP) is 1.82. The van der Waals surface area contributed by atoms with Gasteiger partial charge in [-0.05, 0) is 25.9 Å². The third-order valence-electron chi connectivity index (χ3n) is 3.98. The molecule has 0 saturated carbocycles. The normalized spacial score (nSPS) is 17.3. The van der Waals surface area contributed by atoms with Crippen molar-refractivity contribution in [2.24, 2.45) is 5.41 Å². The minimum atomic E-state index is -4.44. The van der Waals surface area contributed by atoms with Crippen LogP contribution in [0.2, 0.25) is 0 Å². The van der Waals surface area contributed by atoms with Gasteiger partial charge < -0.3 is 10.1 Å². The zero-order valence-corrected chi connectivity index (χ0v) is 14.7. The van der Waals surface area contributed by atoms with Gasteiger partial charge in [-0.3, -0.25) is 0 Å². The number of nitrogens with one attached hydrogen (secondary N) is 2. The van der Waals surface area contributed by atoms with E-state index in [-0.39, 0.29) is 19.0 Å². The lowest BCUT2D eigenvalue weighted by molar-refractivity contribution is 0.0577. The molecule has 2 rings (SSSR count). The van der Waals surface area contributed by atoms with Gasteiger partial charge in [-0.1, -0.05) is 0 Å². The molecule has 138 valence electrons. The minimum absolute atomic E-state index is 0. The molecule has 1 aromatic rings. The maximum Gasteiger partial charge on any atom is 0.246 e. The van der Waals surface area contributed by atoms with Gasteiger partial charge in [0.2, 0.25) is 10.0 Å². The highest BCUT2D eigenvalue weighted by molar-refractivity contribution is 7.89. The Morgan fingerprint density at radius 2 is 1.75 bits per heavy atom. The van der Waals surface area contributed by atoms with E-state index in [0.29, 0.717) is 44.7 Å². The lowest BCUT2D eigenvalue weighted by Gasteiger charge is -2.37. The first-order valence-corrected chi connectivity index (χ1v) is 8.62. The summed E-state index contributed by atoms with van der Waals surface area (Å²) in [5.41, 5.74) is -0.444. The van der Waals surface area contributed by atoms with Crippen LogP contribution in [0.25, 0.3) is 0 Å². The van der Waals surface area contributed by atoms with Crippen molar-refractivity contribution < 1.29 is 26.3 Å². The number of benzene rings is 1. The molecule has 1 fully saturated rings. The van der Waals surface area contributed by atoms with Crippen LogP contribution < -0.4 is 10.0 Å². The lowest BCUT2D eigenvalue weighted by Crippen LogP contribution is -2.47. The fourth-order valence-corrected chi connectivity index (χ4v) is 4.01. The second-order valence-corrected chi connectivity index (χ2v) is 7.41. The van der Waals surface area contributed by atoms with Gasteiger partial charge in [0.15, 0.2) is 4.90 Å². The summed E-state index contributed by atoms with van der Waals surface area (Å²) in [5.74, 6) is -4.09. The molecule has 0 aromatic heterocycles. The summed E-state index contributed by atoms with van der Waals surface area (Å²) in [5, 5.41) is 3.16. The maximum absolute atomic E-state index is 13.7. The van der Waals surface area contributed by atoms with E-state index in [1.165, 1.54) is 7.11 Å². The summed E-state index contributed by atoms with van der Waals surface area (Å²) in [7, 11) is -2.93. The quantitative estimate of drug-likeness (QED) is 0.780. The Hall–Kier alpha value is -0.870. The van der Waals surface area contributed by atoms with E-state index >= 15 is 0 Å². The van der Waals surface area contributed by atoms with Gasteiger partial charge in [0, 0.05) is 31.2 Å². The van der Waals surface area contributed by atoms with Crippen molar-refractivity contribution in [1.29, 1.82) is 0 Å². The largest absolute Gasteiger partial charge is 0.384 e. The minimum Gasteiger partial charge on any atom is -0.384 e. The molecule has 0 aliphatic carbocycles. The molecule has 1 aromatic carbocycles. The second kappa shape index (κ2) is 8.48. The number of ether oxygens (including phenoxy) is 1. The van der Waals surface area contributed by atoms with Crippen molar-refractivity contribution in [2.45, 2.75) is 17.7 Å². The van der Waals surface area contributed by atoms with Crippen LogP contribution in [0.5, 0.6) is 0 Å². The summed E-state index contributed by atoms with van der Waals surface area (Å²) < 4.78 is 72.1. The molecule has 1 saturated heterocycles. The van der Waals surface area contributed by atoms with Gasteiger partial charge in [-0.15, -0.1) is 12.4 Å². The molecule has 1 heterocycles. The van der Waals surface area contributed by atoms with E-state index in [1.807, 2.05) is 0 Å². The van der Waals surface area contributed by atoms with Crippen LogP contribution in [-0.2, 0) is 14.8 Å². The fraction of sp³-hybridized carbons (Fsp3) is 0.571. The van der Waals surface area contributed by atoms with Crippen molar-refractivity contribution >= 4 is 22.4 Å². The van der Waals surface area contributed by atoms with E-state index in [2.05, 4.69) is 10.0 Å². The Bertz CT molecular complexity index is 639. The number of halogens is 4. The molecule has 24 heavy (non-hydrogen) atoms. The van der Waals surface area contributed by atoms with Crippen molar-refractivity contribution in [1.82, 2.24) is 10.0 Å². The highest BCUT2D eigenvalue weighted by atomic mass is 35.5. The summed E-state index contributed by atoms with van der Waals surface area (Å²) in [6.45, 7) is 1.71. The zero-order valence-electron chi connectivity index (χ0n) is 13.1. The van der Waals surface area contributed by atoms with E-state index in [1.54, 1.807) is 0 Å². The van der Waals surface area contributed by atoms with Gasteiger partial charge in [-0.2, -0.15) is 0 Å². The second-order valence-electron chi connectivity index (χ2n) is 5.71. The molecule has 0 unspecified atom stereocenters. The molecule has 2 N–H and O–H groups in total. The van der Waals surface area contributed by atoms with Crippen LogP contribution in [-0.4, -0.2) is 41.8 Å². The number of hydrogen-bond donors (Lipinski definition) is 2. The first-order chi connectivity index (χ1) is 10.8. The Labute approximate surface area is 145 Å². The number of hydrogen-bond acceptors (Lipinski definition) is 4. The molecule has 5 nitrogen and oxygen atoms in total. The van der Waals surface area contributed by atoms with Crippen LogP contribution in [0.1, 0.15) is 12.8 Å². The zero-order chi connectivity index (χ0) is 17.1. The van der Waals surface area contributed by atoms with E-state index in [4.69, 9.17) is 4.74 Å². The smallest absolute Gasteiger partial charge is 0.246 e. The van der Waals surface area contributed by atoms with Crippen molar-refractivity contribution in [2.75, 3.05) is 33.4 Å². The summed E-state index contributed by atoms with van der Waals surface area (Å²) in [6, 6.07) is 0.681. The monoisotopic (exact) mass is 388 g/mol. The van der Waals surface area contributed by atoms with Crippen molar-refractivity contribution in [3.05, 3.63) is 29.6 Å². The number of methoxy groups -OCH3 is 1. The third kappa shape index (κ3) is 4.82. The van der Waals surface area contributed by atoms with Crippen LogP contribution in [0.4, 0.5) is 13.2 Å². The fourth-order valence-electron chi connectivity index (χ4n) is 2.74. The summed E-state index contributed by atoms with van der Waals surface area (Å²) in [6.07, 6.45) is 1.33. The van der Waals surface area contributed by atoms with Crippen LogP contribution >= 0.6 is 12.4 Å². The molecule has 10 heteroatoms. The Balaban J connectivity index is 0.00000288. The average Bonchev–Trinajstić information content (AvgIpc) is 2.45. The standard InChI is InChI=1S/C14H19F3N2O3S.ClH/c1-22-9-14(2-4-18-5-3-14)8-19-23(20,21)13-11(16)6-10(15)7-12(13)17;/h6-7,18-19H,2-5,8-9H2,1H3;1H. The van der Waals surface area contributed by atoms with Gasteiger partial charge in [0.25, 0.3) is 0 Å². The Morgan fingerprint density at radius 3 is 2.25 bits per heavy atom. The number of sulfonamides is 1. The van der Waals surface area contributed by atoms with Crippen LogP contribution in [0, 0.1) is 22.9 Å². The molecule has 1 aliphatic heterocycles. The van der Waals surface area contributed by atoms with Gasteiger partial charge in [0.1, 0.15) is 17.5 Å². The van der Waals surface area contributed by atoms with Crippen molar-refractivity contribution in [3.8, 4) is 0 Å². The van der Waals surface area contributed by atoms with Gasteiger partial charge in [-0.25, -0.2) is 26.3 Å². The highest BCUT2D eigenvalue weighted by Gasteiger charge is 2.35. The van der Waals surface area contributed by atoms with E-state index in [9.17, 15) is 21.6 Å². The molecule has 0 bridgehead atoms. The molecule has 0 spiro atoms. The molecule has 0 amide bonds. The molecule has 0 radical (unpaired) electrons.